The zero-order chi connectivity index (χ0) is 27.3. The maximum Gasteiger partial charge on any atom is 0.326 e. The second-order valence-electron chi connectivity index (χ2n) is 9.51. The number of carboxylic acids is 1. The van der Waals surface area contributed by atoms with Gasteiger partial charge in [-0.15, -0.1) is 0 Å². The van der Waals surface area contributed by atoms with Gasteiger partial charge in [-0.2, -0.15) is 4.31 Å². The molecule has 1 amide bonds. The average molecular weight is 537 g/mol. The normalized spacial score (nSPS) is 17.5. The topological polar surface area (TPSA) is 113 Å². The second kappa shape index (κ2) is 11.8. The smallest absolute Gasteiger partial charge is 0.326 e. The van der Waals surface area contributed by atoms with E-state index in [1.807, 2.05) is 44.2 Å². The van der Waals surface area contributed by atoms with Crippen molar-refractivity contribution in [2.24, 2.45) is 0 Å². The van der Waals surface area contributed by atoms with E-state index in [1.165, 1.54) is 16.4 Å². The van der Waals surface area contributed by atoms with Gasteiger partial charge in [-0.3, -0.25) is 4.79 Å². The Hall–Kier alpha value is -3.69. The number of carboxylic acid groups (broad SMARTS) is 1. The molecule has 1 aliphatic heterocycles. The number of ether oxygens (including phenoxy) is 1. The van der Waals surface area contributed by atoms with Gasteiger partial charge in [-0.05, 0) is 62.1 Å². The van der Waals surface area contributed by atoms with E-state index in [-0.39, 0.29) is 24.0 Å². The number of sulfonamides is 1. The number of amides is 1. The number of nitrogens with one attached hydrogen (secondary N) is 1. The van der Waals surface area contributed by atoms with Gasteiger partial charge in [-0.1, -0.05) is 60.2 Å². The fraction of sp³-hybridized carbons (Fsp3) is 0.310. The Labute approximate surface area is 223 Å². The van der Waals surface area contributed by atoms with Crippen molar-refractivity contribution in [1.82, 2.24) is 9.62 Å². The summed E-state index contributed by atoms with van der Waals surface area (Å²) in [6, 6.07) is 21.1. The third-order valence-corrected chi connectivity index (χ3v) is 8.62. The minimum absolute atomic E-state index is 0.0486. The highest BCUT2D eigenvalue weighted by atomic mass is 32.2. The summed E-state index contributed by atoms with van der Waals surface area (Å²) < 4.78 is 33.5. The van der Waals surface area contributed by atoms with Crippen LogP contribution in [0.15, 0.2) is 83.8 Å². The molecule has 1 heterocycles. The van der Waals surface area contributed by atoms with Crippen LogP contribution in [0.4, 0.5) is 0 Å². The molecule has 0 aliphatic carbocycles. The highest BCUT2D eigenvalue weighted by Gasteiger charge is 2.40. The molecule has 0 aromatic heterocycles. The molecule has 0 radical (unpaired) electrons. The molecule has 38 heavy (non-hydrogen) atoms. The highest BCUT2D eigenvalue weighted by Crippen LogP contribution is 2.27. The van der Waals surface area contributed by atoms with Crippen LogP contribution in [0.1, 0.15) is 42.6 Å². The molecular formula is C29H32N2O6S. The number of aliphatic carboxylic acids is 1. The first kappa shape index (κ1) is 27.3. The zero-order valence-corrected chi connectivity index (χ0v) is 22.2. The molecule has 3 aromatic rings. The van der Waals surface area contributed by atoms with Crippen molar-refractivity contribution in [3.63, 3.8) is 0 Å². The predicted molar refractivity (Wildman–Crippen MR) is 143 cm³/mol. The van der Waals surface area contributed by atoms with Crippen molar-refractivity contribution >= 4 is 21.9 Å². The lowest BCUT2D eigenvalue weighted by Crippen LogP contribution is -2.51. The van der Waals surface area contributed by atoms with Gasteiger partial charge in [0, 0.05) is 13.0 Å². The van der Waals surface area contributed by atoms with Crippen molar-refractivity contribution in [3.8, 4) is 5.75 Å². The van der Waals surface area contributed by atoms with E-state index in [0.717, 1.165) is 11.1 Å². The molecule has 4 rings (SSSR count). The summed E-state index contributed by atoms with van der Waals surface area (Å²) in [7, 11) is -3.89. The minimum Gasteiger partial charge on any atom is -0.486 e. The number of carbonyl (C=O) groups is 2. The highest BCUT2D eigenvalue weighted by molar-refractivity contribution is 7.89. The monoisotopic (exact) mass is 536 g/mol. The number of nitrogens with zero attached hydrogens (tertiary/aromatic N) is 1. The molecule has 1 aliphatic rings. The Morgan fingerprint density at radius 2 is 1.68 bits per heavy atom. The van der Waals surface area contributed by atoms with Crippen LogP contribution < -0.4 is 10.1 Å². The molecule has 2 unspecified atom stereocenters. The molecule has 200 valence electrons. The lowest BCUT2D eigenvalue weighted by molar-refractivity contribution is -0.142. The lowest BCUT2D eigenvalue weighted by atomic mass is 10.0. The van der Waals surface area contributed by atoms with Gasteiger partial charge in [-0.25, -0.2) is 13.2 Å². The van der Waals surface area contributed by atoms with Crippen molar-refractivity contribution in [1.29, 1.82) is 0 Å². The quantitative estimate of drug-likeness (QED) is 0.403. The van der Waals surface area contributed by atoms with E-state index in [2.05, 4.69) is 5.32 Å². The van der Waals surface area contributed by atoms with Gasteiger partial charge in [0.2, 0.25) is 15.9 Å². The first-order chi connectivity index (χ1) is 18.1. The number of hydrogen-bond acceptors (Lipinski definition) is 5. The second-order valence-corrected chi connectivity index (χ2v) is 11.4. The fourth-order valence-electron chi connectivity index (χ4n) is 4.54. The SMILES string of the molecule is Cc1ccc(S(=O)(=O)N2CCC[C@H]2C(=O)NC(Cc2ccc(OC(C)c3ccccc3)cc2)C(=O)O)cc1. The van der Waals surface area contributed by atoms with Gasteiger partial charge in [0.25, 0.3) is 0 Å². The maximum atomic E-state index is 13.2. The summed E-state index contributed by atoms with van der Waals surface area (Å²) in [6.45, 7) is 4.01. The number of benzene rings is 3. The Morgan fingerprint density at radius 3 is 2.32 bits per heavy atom. The van der Waals surface area contributed by atoms with Crippen LogP contribution in [0.5, 0.6) is 5.75 Å². The van der Waals surface area contributed by atoms with Crippen molar-refractivity contribution in [2.45, 2.75) is 56.2 Å². The van der Waals surface area contributed by atoms with E-state index in [0.29, 0.717) is 24.2 Å². The summed E-state index contributed by atoms with van der Waals surface area (Å²) >= 11 is 0. The van der Waals surface area contributed by atoms with Crippen LogP contribution in [-0.4, -0.2) is 48.3 Å². The largest absolute Gasteiger partial charge is 0.486 e. The van der Waals surface area contributed by atoms with Crippen LogP contribution in [0.2, 0.25) is 0 Å². The first-order valence-electron chi connectivity index (χ1n) is 12.6. The molecule has 3 aromatic carbocycles. The summed E-state index contributed by atoms with van der Waals surface area (Å²) in [5.74, 6) is -1.16. The van der Waals surface area contributed by atoms with Gasteiger partial charge < -0.3 is 15.2 Å². The molecule has 0 saturated carbocycles. The number of rotatable bonds is 10. The molecule has 0 spiro atoms. The van der Waals surface area contributed by atoms with Crippen LogP contribution in [-0.2, 0) is 26.0 Å². The Kier molecular flexibility index (Phi) is 8.48. The van der Waals surface area contributed by atoms with E-state index in [9.17, 15) is 23.1 Å². The minimum atomic E-state index is -3.89. The van der Waals surface area contributed by atoms with Crippen molar-refractivity contribution < 1.29 is 27.9 Å². The molecule has 2 N–H and O–H groups in total. The van der Waals surface area contributed by atoms with Crippen LogP contribution >= 0.6 is 0 Å². The molecule has 1 saturated heterocycles. The van der Waals surface area contributed by atoms with E-state index in [4.69, 9.17) is 4.74 Å². The fourth-order valence-corrected chi connectivity index (χ4v) is 6.20. The Morgan fingerprint density at radius 1 is 1.03 bits per heavy atom. The van der Waals surface area contributed by atoms with Gasteiger partial charge in [0.05, 0.1) is 4.90 Å². The Balaban J connectivity index is 1.41. The van der Waals surface area contributed by atoms with Gasteiger partial charge >= 0.3 is 5.97 Å². The zero-order valence-electron chi connectivity index (χ0n) is 21.4. The molecule has 9 heteroatoms. The summed E-state index contributed by atoms with van der Waals surface area (Å²) in [5, 5.41) is 12.3. The summed E-state index contributed by atoms with van der Waals surface area (Å²) in [4.78, 5) is 25.2. The van der Waals surface area contributed by atoms with Crippen LogP contribution in [0.25, 0.3) is 0 Å². The van der Waals surface area contributed by atoms with Gasteiger partial charge in [0.1, 0.15) is 23.9 Å². The van der Waals surface area contributed by atoms with E-state index >= 15 is 0 Å². The summed E-state index contributed by atoms with van der Waals surface area (Å²) in [5.41, 5.74) is 2.66. The standard InChI is InChI=1S/C29H32N2O6S/c1-20-10-16-25(17-11-20)38(35,36)31-18-6-9-27(31)28(32)30-26(29(33)34)19-22-12-14-24(15-13-22)37-21(2)23-7-4-3-5-8-23/h3-5,7-8,10-17,21,26-27H,6,9,18-19H2,1-2H3,(H,30,32)(H,33,34)/t21?,26?,27-/m0/s1. The summed E-state index contributed by atoms with van der Waals surface area (Å²) in [6.07, 6.45) is 0.741. The van der Waals surface area contributed by atoms with Crippen LogP contribution in [0, 0.1) is 6.92 Å². The third-order valence-electron chi connectivity index (χ3n) is 6.69. The lowest BCUT2D eigenvalue weighted by Gasteiger charge is -2.25. The third kappa shape index (κ3) is 6.41. The molecule has 1 fully saturated rings. The molecular weight excluding hydrogens is 504 g/mol. The first-order valence-corrected chi connectivity index (χ1v) is 14.0. The maximum absolute atomic E-state index is 13.2. The predicted octanol–water partition coefficient (Wildman–Crippen LogP) is 4.10. The van der Waals surface area contributed by atoms with E-state index in [1.54, 1.807) is 36.4 Å². The number of hydrogen-bond donors (Lipinski definition) is 2. The molecule has 0 bridgehead atoms. The van der Waals surface area contributed by atoms with E-state index < -0.39 is 34.0 Å². The number of aryl methyl sites for hydroxylation is 1. The van der Waals surface area contributed by atoms with Crippen molar-refractivity contribution in [3.05, 3.63) is 95.6 Å². The van der Waals surface area contributed by atoms with Crippen LogP contribution in [0.3, 0.4) is 0 Å². The Bertz CT molecular complexity index is 1360. The molecule has 3 atom stereocenters. The average Bonchev–Trinajstić information content (AvgIpc) is 3.41. The number of carbonyl (C=O) groups excluding carboxylic acids is 1. The van der Waals surface area contributed by atoms with Gasteiger partial charge in [0.15, 0.2) is 0 Å². The van der Waals surface area contributed by atoms with Crippen molar-refractivity contribution in [2.75, 3.05) is 6.54 Å². The molecule has 8 nitrogen and oxygen atoms in total.